The van der Waals surface area contributed by atoms with Crippen molar-refractivity contribution in [3.05, 3.63) is 63.1 Å². The topological polar surface area (TPSA) is 12.0 Å². The molecule has 0 radical (unpaired) electrons. The summed E-state index contributed by atoms with van der Waals surface area (Å²) in [7, 11) is 0. The lowest BCUT2D eigenvalue weighted by Crippen LogP contribution is -2.06. The molecule has 0 atom stereocenters. The highest BCUT2D eigenvalue weighted by atomic mass is 79.9. The van der Waals surface area contributed by atoms with E-state index in [2.05, 4.69) is 21.2 Å². The molecule has 0 unspecified atom stereocenters. The summed E-state index contributed by atoms with van der Waals surface area (Å²) in [5.41, 5.74) is 3.03. The second-order valence-corrected chi connectivity index (χ2v) is 5.38. The van der Waals surface area contributed by atoms with Crippen LogP contribution >= 0.6 is 15.9 Å². The summed E-state index contributed by atoms with van der Waals surface area (Å²) in [6, 6.07) is 7.83. The highest BCUT2D eigenvalue weighted by molar-refractivity contribution is 9.10. The van der Waals surface area contributed by atoms with Crippen LogP contribution in [0.5, 0.6) is 0 Å². The molecule has 2 aromatic rings. The molecule has 2 aromatic carbocycles. The van der Waals surface area contributed by atoms with E-state index in [1.165, 1.54) is 18.2 Å². The van der Waals surface area contributed by atoms with E-state index in [0.29, 0.717) is 0 Å². The van der Waals surface area contributed by atoms with E-state index in [4.69, 9.17) is 0 Å². The van der Waals surface area contributed by atoms with Crippen LogP contribution in [-0.2, 0) is 6.54 Å². The quantitative estimate of drug-likeness (QED) is 0.841. The zero-order chi connectivity index (χ0) is 14.0. The molecular weight excluding hydrogens is 312 g/mol. The first-order valence-electron chi connectivity index (χ1n) is 5.92. The van der Waals surface area contributed by atoms with E-state index >= 15 is 0 Å². The lowest BCUT2D eigenvalue weighted by Gasteiger charge is -2.14. The largest absolute Gasteiger partial charge is 0.380 e. The summed E-state index contributed by atoms with van der Waals surface area (Å²) in [4.78, 5) is 0. The van der Waals surface area contributed by atoms with Crippen LogP contribution in [0, 0.1) is 25.5 Å². The molecule has 0 saturated carbocycles. The van der Waals surface area contributed by atoms with Gasteiger partial charge in [0.2, 0.25) is 0 Å². The van der Waals surface area contributed by atoms with Crippen molar-refractivity contribution in [2.75, 3.05) is 5.32 Å². The molecule has 1 N–H and O–H groups in total. The Hall–Kier alpha value is -1.42. The molecule has 19 heavy (non-hydrogen) atoms. The average Bonchev–Trinajstić information content (AvgIpc) is 2.31. The molecule has 2 rings (SSSR count). The first kappa shape index (κ1) is 14.0. The van der Waals surface area contributed by atoms with Crippen LogP contribution in [0.25, 0.3) is 0 Å². The number of hydrogen-bond donors (Lipinski definition) is 1. The Morgan fingerprint density at radius 3 is 2.11 bits per heavy atom. The molecule has 0 aliphatic rings. The van der Waals surface area contributed by atoms with Crippen LogP contribution in [0.15, 0.2) is 34.8 Å². The van der Waals surface area contributed by atoms with Gasteiger partial charge in [-0.2, -0.15) is 0 Å². The van der Waals surface area contributed by atoms with E-state index in [1.54, 1.807) is 0 Å². The molecule has 0 amide bonds. The van der Waals surface area contributed by atoms with Gasteiger partial charge in [-0.25, -0.2) is 8.78 Å². The summed E-state index contributed by atoms with van der Waals surface area (Å²) < 4.78 is 28.1. The van der Waals surface area contributed by atoms with Crippen molar-refractivity contribution in [2.45, 2.75) is 20.4 Å². The molecule has 0 aliphatic heterocycles. The maximum absolute atomic E-state index is 13.5. The fraction of sp³-hybridized carbons (Fsp3) is 0.200. The molecule has 0 saturated heterocycles. The average molecular weight is 326 g/mol. The van der Waals surface area contributed by atoms with Crippen LogP contribution in [0.4, 0.5) is 14.5 Å². The molecule has 0 fully saturated rings. The van der Waals surface area contributed by atoms with Crippen LogP contribution in [0.2, 0.25) is 0 Å². The van der Waals surface area contributed by atoms with Gasteiger partial charge in [0.1, 0.15) is 11.6 Å². The number of halogens is 3. The number of aryl methyl sites for hydroxylation is 2. The van der Waals surface area contributed by atoms with Crippen LogP contribution < -0.4 is 5.32 Å². The zero-order valence-corrected chi connectivity index (χ0v) is 12.3. The van der Waals surface area contributed by atoms with E-state index in [-0.39, 0.29) is 12.1 Å². The Labute approximate surface area is 119 Å². The van der Waals surface area contributed by atoms with Gasteiger partial charge in [0.15, 0.2) is 0 Å². The fourth-order valence-corrected chi connectivity index (χ4v) is 2.75. The first-order chi connectivity index (χ1) is 8.99. The highest BCUT2D eigenvalue weighted by Crippen LogP contribution is 2.26. The SMILES string of the molecule is Cc1cc(Br)cc(C)c1NCc1c(F)cccc1F. The van der Waals surface area contributed by atoms with Gasteiger partial charge >= 0.3 is 0 Å². The van der Waals surface area contributed by atoms with Gasteiger partial charge in [0, 0.05) is 22.3 Å². The standard InChI is InChI=1S/C15H14BrF2N/c1-9-6-11(16)7-10(2)15(9)19-8-12-13(17)4-3-5-14(12)18/h3-7,19H,8H2,1-2H3. The van der Waals surface area contributed by atoms with Crippen LogP contribution in [0.3, 0.4) is 0 Å². The molecule has 0 aromatic heterocycles. The monoisotopic (exact) mass is 325 g/mol. The Bertz CT molecular complexity index is 568. The van der Waals surface area contributed by atoms with Gasteiger partial charge in [-0.15, -0.1) is 0 Å². The molecule has 1 nitrogen and oxygen atoms in total. The lowest BCUT2D eigenvalue weighted by molar-refractivity contribution is 0.560. The lowest BCUT2D eigenvalue weighted by atomic mass is 10.1. The minimum absolute atomic E-state index is 0.0595. The van der Waals surface area contributed by atoms with E-state index in [9.17, 15) is 8.78 Å². The summed E-state index contributed by atoms with van der Waals surface area (Å²) in [5.74, 6) is -1.06. The third-order valence-corrected chi connectivity index (χ3v) is 3.46. The second kappa shape index (κ2) is 5.70. The fourth-order valence-electron chi connectivity index (χ4n) is 2.07. The summed E-state index contributed by atoms with van der Waals surface area (Å²) in [6.45, 7) is 4.04. The minimum Gasteiger partial charge on any atom is -0.380 e. The second-order valence-electron chi connectivity index (χ2n) is 4.47. The van der Waals surface area contributed by atoms with Gasteiger partial charge in [0.25, 0.3) is 0 Å². The molecule has 0 bridgehead atoms. The Morgan fingerprint density at radius 1 is 1.05 bits per heavy atom. The third-order valence-electron chi connectivity index (χ3n) is 3.00. The van der Waals surface area contributed by atoms with Crippen molar-refractivity contribution in [1.29, 1.82) is 0 Å². The molecule has 100 valence electrons. The number of benzene rings is 2. The normalized spacial score (nSPS) is 10.6. The van der Waals surface area contributed by atoms with Crippen molar-refractivity contribution in [3.63, 3.8) is 0 Å². The van der Waals surface area contributed by atoms with Crippen molar-refractivity contribution >= 4 is 21.6 Å². The first-order valence-corrected chi connectivity index (χ1v) is 6.72. The van der Waals surface area contributed by atoms with E-state index in [0.717, 1.165) is 21.3 Å². The smallest absolute Gasteiger partial charge is 0.131 e. The van der Waals surface area contributed by atoms with Crippen molar-refractivity contribution in [1.82, 2.24) is 0 Å². The molecule has 0 aliphatic carbocycles. The van der Waals surface area contributed by atoms with Crippen LogP contribution in [-0.4, -0.2) is 0 Å². The molecular formula is C15H14BrF2N. The van der Waals surface area contributed by atoms with Gasteiger partial charge in [0.05, 0.1) is 0 Å². The predicted molar refractivity (Wildman–Crippen MR) is 77.3 cm³/mol. The minimum atomic E-state index is -0.528. The molecule has 0 spiro atoms. The number of hydrogen-bond acceptors (Lipinski definition) is 1. The van der Waals surface area contributed by atoms with Gasteiger partial charge in [-0.3, -0.25) is 0 Å². The summed E-state index contributed by atoms with van der Waals surface area (Å²) in [6.07, 6.45) is 0. The van der Waals surface area contributed by atoms with Gasteiger partial charge in [-0.05, 0) is 49.2 Å². The van der Waals surface area contributed by atoms with Crippen molar-refractivity contribution in [2.24, 2.45) is 0 Å². The van der Waals surface area contributed by atoms with E-state index in [1.807, 2.05) is 26.0 Å². The number of anilines is 1. The molecule has 0 heterocycles. The Kier molecular flexibility index (Phi) is 4.20. The van der Waals surface area contributed by atoms with Crippen molar-refractivity contribution in [3.8, 4) is 0 Å². The van der Waals surface area contributed by atoms with Gasteiger partial charge < -0.3 is 5.32 Å². The Morgan fingerprint density at radius 2 is 1.58 bits per heavy atom. The summed E-state index contributed by atoms with van der Waals surface area (Å²) in [5, 5.41) is 3.11. The zero-order valence-electron chi connectivity index (χ0n) is 10.7. The van der Waals surface area contributed by atoms with Crippen molar-refractivity contribution < 1.29 is 8.78 Å². The molecule has 4 heteroatoms. The number of nitrogens with one attached hydrogen (secondary N) is 1. The maximum atomic E-state index is 13.5. The summed E-state index contributed by atoms with van der Waals surface area (Å²) >= 11 is 3.42. The Balaban J connectivity index is 2.24. The predicted octanol–water partition coefficient (Wildman–Crippen LogP) is 4.96. The van der Waals surface area contributed by atoms with Gasteiger partial charge in [-0.1, -0.05) is 22.0 Å². The third kappa shape index (κ3) is 3.13. The highest BCUT2D eigenvalue weighted by Gasteiger charge is 2.10. The number of rotatable bonds is 3. The van der Waals surface area contributed by atoms with E-state index < -0.39 is 11.6 Å². The van der Waals surface area contributed by atoms with Crippen LogP contribution in [0.1, 0.15) is 16.7 Å². The maximum Gasteiger partial charge on any atom is 0.131 e.